The first-order valence-electron chi connectivity index (χ1n) is 12.1. The first kappa shape index (κ1) is 27.2. The number of esters is 1. The number of carbonyl (C=O) groups is 1. The molecule has 0 bridgehead atoms. The van der Waals surface area contributed by atoms with Gasteiger partial charge in [-0.05, 0) is 6.42 Å². The second-order valence-corrected chi connectivity index (χ2v) is 8.63. The molecule has 2 heterocycles. The van der Waals surface area contributed by atoms with Gasteiger partial charge in [-0.1, -0.05) is 71.1 Å². The van der Waals surface area contributed by atoms with Crippen molar-refractivity contribution in [3.05, 3.63) is 22.2 Å². The molecule has 0 radical (unpaired) electrons. The lowest BCUT2D eigenvalue weighted by molar-refractivity contribution is -0.0550. The van der Waals surface area contributed by atoms with E-state index in [1.54, 1.807) is 0 Å². The summed E-state index contributed by atoms with van der Waals surface area (Å²) in [6.45, 7) is 1.90. The van der Waals surface area contributed by atoms with E-state index in [-0.39, 0.29) is 18.0 Å². The zero-order valence-corrected chi connectivity index (χ0v) is 19.5. The minimum atomic E-state index is -1.48. The fourth-order valence-electron chi connectivity index (χ4n) is 3.94. The maximum absolute atomic E-state index is 12.4. The lowest BCUT2D eigenvalue weighted by Gasteiger charge is -2.18. The summed E-state index contributed by atoms with van der Waals surface area (Å²) in [6, 6.07) is 0. The van der Waals surface area contributed by atoms with Crippen molar-refractivity contribution in [1.29, 1.82) is 0 Å². The van der Waals surface area contributed by atoms with Crippen LogP contribution in [0, 0.1) is 0 Å². The van der Waals surface area contributed by atoms with Gasteiger partial charge in [-0.2, -0.15) is 4.98 Å². The Labute approximate surface area is 194 Å². The van der Waals surface area contributed by atoms with Gasteiger partial charge in [0, 0.05) is 6.20 Å². The average molecular weight is 470 g/mol. The maximum Gasteiger partial charge on any atom is 0.351 e. The van der Waals surface area contributed by atoms with E-state index in [2.05, 4.69) is 11.9 Å². The van der Waals surface area contributed by atoms with Gasteiger partial charge in [0.25, 0.3) is 0 Å². The van der Waals surface area contributed by atoms with Gasteiger partial charge in [0.2, 0.25) is 0 Å². The predicted octanol–water partition coefficient (Wildman–Crippen LogP) is 1.90. The number of nitrogens with two attached hydrogens (primary N) is 1. The van der Waals surface area contributed by atoms with Gasteiger partial charge in [-0.3, -0.25) is 4.57 Å². The Kier molecular flexibility index (Phi) is 11.8. The van der Waals surface area contributed by atoms with Crippen LogP contribution in [0.25, 0.3) is 0 Å². The number of carbonyl (C=O) groups excluding carboxylic acids is 1. The van der Waals surface area contributed by atoms with Gasteiger partial charge < -0.3 is 30.5 Å². The van der Waals surface area contributed by atoms with E-state index in [1.807, 2.05) is 0 Å². The normalized spacial score (nSPS) is 22.5. The molecule has 0 spiro atoms. The molecule has 0 unspecified atom stereocenters. The average Bonchev–Trinajstić information content (AvgIpc) is 3.08. The SMILES string of the molecule is CCCCCCCCCCCCCOC(=O)c1cn([C@@H]2O[C@H](CO)[C@@H](O)[C@@H]2O)c(=O)nc1N. The molecule has 1 fully saturated rings. The van der Waals surface area contributed by atoms with Crippen molar-refractivity contribution in [2.75, 3.05) is 18.9 Å². The van der Waals surface area contributed by atoms with Crippen molar-refractivity contribution in [1.82, 2.24) is 9.55 Å². The van der Waals surface area contributed by atoms with Crippen LogP contribution in [0.3, 0.4) is 0 Å². The van der Waals surface area contributed by atoms with E-state index in [1.165, 1.54) is 51.4 Å². The number of rotatable bonds is 15. The van der Waals surface area contributed by atoms with Gasteiger partial charge in [0.15, 0.2) is 6.23 Å². The number of hydrogen-bond donors (Lipinski definition) is 4. The number of aliphatic hydroxyl groups excluding tert-OH is 3. The molecule has 0 aliphatic carbocycles. The molecule has 1 saturated heterocycles. The highest BCUT2D eigenvalue weighted by atomic mass is 16.6. The summed E-state index contributed by atoms with van der Waals surface area (Å²) in [5, 5.41) is 29.3. The second kappa shape index (κ2) is 14.3. The number of hydrogen-bond acceptors (Lipinski definition) is 9. The molecule has 4 atom stereocenters. The van der Waals surface area contributed by atoms with Crippen LogP contribution in [0.4, 0.5) is 5.82 Å². The van der Waals surface area contributed by atoms with Crippen molar-refractivity contribution in [3.63, 3.8) is 0 Å². The number of nitrogen functional groups attached to an aromatic ring is 1. The fraction of sp³-hybridized carbons (Fsp3) is 0.783. The fourth-order valence-corrected chi connectivity index (χ4v) is 3.94. The summed E-state index contributed by atoms with van der Waals surface area (Å²) in [7, 11) is 0. The number of aliphatic hydroxyl groups is 3. The van der Waals surface area contributed by atoms with Gasteiger partial charge >= 0.3 is 11.7 Å². The molecule has 188 valence electrons. The molecular formula is C23H39N3O7. The Morgan fingerprint density at radius 2 is 1.64 bits per heavy atom. The third kappa shape index (κ3) is 8.06. The van der Waals surface area contributed by atoms with Crippen LogP contribution < -0.4 is 11.4 Å². The quantitative estimate of drug-likeness (QED) is 0.222. The highest BCUT2D eigenvalue weighted by molar-refractivity contribution is 5.93. The van der Waals surface area contributed by atoms with Crippen LogP contribution in [0.5, 0.6) is 0 Å². The van der Waals surface area contributed by atoms with E-state index in [0.717, 1.165) is 30.0 Å². The zero-order valence-electron chi connectivity index (χ0n) is 19.5. The predicted molar refractivity (Wildman–Crippen MR) is 123 cm³/mol. The topological polar surface area (TPSA) is 157 Å². The van der Waals surface area contributed by atoms with E-state index in [9.17, 15) is 24.9 Å². The molecule has 1 aromatic rings. The lowest BCUT2D eigenvalue weighted by Crippen LogP contribution is -2.36. The molecule has 1 aliphatic heterocycles. The first-order valence-corrected chi connectivity index (χ1v) is 12.1. The third-order valence-electron chi connectivity index (χ3n) is 5.97. The van der Waals surface area contributed by atoms with Crippen LogP contribution in [0.2, 0.25) is 0 Å². The summed E-state index contributed by atoms with van der Waals surface area (Å²) in [5.74, 6) is -1.01. The summed E-state index contributed by atoms with van der Waals surface area (Å²) in [4.78, 5) is 28.3. The molecule has 2 rings (SSSR count). The molecule has 0 amide bonds. The molecule has 1 aliphatic rings. The number of ether oxygens (including phenoxy) is 2. The third-order valence-corrected chi connectivity index (χ3v) is 5.97. The van der Waals surface area contributed by atoms with Gasteiger partial charge in [0.05, 0.1) is 13.2 Å². The largest absolute Gasteiger partial charge is 0.462 e. The van der Waals surface area contributed by atoms with Gasteiger partial charge in [-0.25, -0.2) is 9.59 Å². The molecule has 0 aromatic carbocycles. The minimum Gasteiger partial charge on any atom is -0.462 e. The number of aromatic nitrogens is 2. The van der Waals surface area contributed by atoms with E-state index < -0.39 is 42.8 Å². The lowest BCUT2D eigenvalue weighted by atomic mass is 10.1. The maximum atomic E-state index is 12.4. The zero-order chi connectivity index (χ0) is 24.2. The summed E-state index contributed by atoms with van der Waals surface area (Å²) in [6.07, 6.45) is 8.87. The molecule has 33 heavy (non-hydrogen) atoms. The van der Waals surface area contributed by atoms with Crippen LogP contribution in [-0.2, 0) is 9.47 Å². The Morgan fingerprint density at radius 3 is 2.18 bits per heavy atom. The van der Waals surface area contributed by atoms with Gasteiger partial charge in [0.1, 0.15) is 29.7 Å². The smallest absolute Gasteiger partial charge is 0.351 e. The number of anilines is 1. The van der Waals surface area contributed by atoms with Crippen LogP contribution in [0.15, 0.2) is 11.0 Å². The second-order valence-electron chi connectivity index (χ2n) is 8.63. The standard InChI is InChI=1S/C23H39N3O7/c1-2-3-4-5-6-7-8-9-10-11-12-13-32-22(30)16-14-26(23(31)25-20(16)24)21-19(29)18(28)17(15-27)33-21/h14,17-19,21,27-29H,2-13,15H2,1H3,(H2,24,25,31)/t17-,18-,19+,21-/m1/s1. The molecule has 10 nitrogen and oxygen atoms in total. The molecule has 1 aromatic heterocycles. The number of unbranched alkanes of at least 4 members (excludes halogenated alkanes) is 10. The van der Waals surface area contributed by atoms with Crippen molar-refractivity contribution in [2.24, 2.45) is 0 Å². The summed E-state index contributed by atoms with van der Waals surface area (Å²) < 4.78 is 11.5. The molecule has 0 saturated carbocycles. The van der Waals surface area contributed by atoms with Crippen molar-refractivity contribution < 1.29 is 29.6 Å². The van der Waals surface area contributed by atoms with Crippen LogP contribution in [0.1, 0.15) is 94.1 Å². The molecule has 10 heteroatoms. The first-order chi connectivity index (χ1) is 15.9. The van der Waals surface area contributed by atoms with E-state index >= 15 is 0 Å². The Morgan fingerprint density at radius 1 is 1.06 bits per heavy atom. The highest BCUT2D eigenvalue weighted by Gasteiger charge is 2.44. The van der Waals surface area contributed by atoms with Crippen molar-refractivity contribution in [2.45, 2.75) is 102 Å². The van der Waals surface area contributed by atoms with E-state index in [4.69, 9.17) is 15.2 Å². The summed E-state index contributed by atoms with van der Waals surface area (Å²) in [5.41, 5.74) is 4.74. The summed E-state index contributed by atoms with van der Waals surface area (Å²) >= 11 is 0. The Hall–Kier alpha value is -2.01. The molecule has 5 N–H and O–H groups in total. The van der Waals surface area contributed by atoms with Crippen LogP contribution >= 0.6 is 0 Å². The van der Waals surface area contributed by atoms with Crippen LogP contribution in [-0.4, -0.2) is 62.4 Å². The number of nitrogens with zero attached hydrogens (tertiary/aromatic N) is 2. The Balaban J connectivity index is 1.75. The van der Waals surface area contributed by atoms with Gasteiger partial charge in [-0.15, -0.1) is 0 Å². The molecular weight excluding hydrogens is 430 g/mol. The minimum absolute atomic E-state index is 0.129. The van der Waals surface area contributed by atoms with Crippen molar-refractivity contribution in [3.8, 4) is 0 Å². The monoisotopic (exact) mass is 469 g/mol. The van der Waals surface area contributed by atoms with Crippen molar-refractivity contribution >= 4 is 11.8 Å². The Bertz CT molecular complexity index is 786. The highest BCUT2D eigenvalue weighted by Crippen LogP contribution is 2.28. The van der Waals surface area contributed by atoms with E-state index in [0.29, 0.717) is 0 Å².